The zero-order valence-corrected chi connectivity index (χ0v) is 7.91. The molecule has 0 saturated carbocycles. The maximum absolute atomic E-state index is 11.3. The largest absolute Gasteiger partial charge is 0.465 e. The van der Waals surface area contributed by atoms with Crippen molar-refractivity contribution in [2.45, 2.75) is 13.1 Å². The molecule has 1 rings (SSSR count). The van der Waals surface area contributed by atoms with Gasteiger partial charge in [-0.25, -0.2) is 4.79 Å². The van der Waals surface area contributed by atoms with Gasteiger partial charge < -0.3 is 4.74 Å². The summed E-state index contributed by atoms with van der Waals surface area (Å²) in [6, 6.07) is 7.48. The molecule has 0 amide bonds. The number of ether oxygens (including phenoxy) is 1. The molecule has 3 heteroatoms. The lowest BCUT2D eigenvalue weighted by molar-refractivity contribution is 0.0600. The van der Waals surface area contributed by atoms with Crippen LogP contribution in [0.4, 0.5) is 0 Å². The number of methoxy groups -OCH3 is 1. The lowest BCUT2D eigenvalue weighted by atomic mass is 9.74. The lowest BCUT2D eigenvalue weighted by Crippen LogP contribution is -2.06. The second-order valence-electron chi connectivity index (χ2n) is 2.76. The van der Waals surface area contributed by atoms with E-state index in [0.29, 0.717) is 5.56 Å². The molecule has 1 aromatic rings. The van der Waals surface area contributed by atoms with E-state index in [2.05, 4.69) is 4.74 Å². The predicted octanol–water partition coefficient (Wildman–Crippen LogP) is 1.73. The summed E-state index contributed by atoms with van der Waals surface area (Å²) in [6.07, 6.45) is 0.797. The first kappa shape index (κ1) is 9.84. The van der Waals surface area contributed by atoms with Gasteiger partial charge in [-0.2, -0.15) is 0 Å². The summed E-state index contributed by atoms with van der Waals surface area (Å²) in [4.78, 5) is 11.3. The monoisotopic (exact) mass is 175 g/mol. The summed E-state index contributed by atoms with van der Waals surface area (Å²) in [5.41, 5.74) is 1.67. The Kier molecular flexibility index (Phi) is 3.56. The molecule has 0 unspecified atom stereocenters. The summed E-state index contributed by atoms with van der Waals surface area (Å²) in [5.74, 6) is -0.266. The third-order valence-electron chi connectivity index (χ3n) is 1.85. The van der Waals surface area contributed by atoms with Crippen molar-refractivity contribution in [1.82, 2.24) is 0 Å². The molecule has 1 aromatic carbocycles. The first-order valence-corrected chi connectivity index (χ1v) is 4.23. The van der Waals surface area contributed by atoms with Crippen molar-refractivity contribution in [3.05, 3.63) is 35.4 Å². The summed E-state index contributed by atoms with van der Waals surface area (Å²) in [6.45, 7) is 1.97. The molecule has 0 bridgehead atoms. The summed E-state index contributed by atoms with van der Waals surface area (Å²) < 4.78 is 4.67. The van der Waals surface area contributed by atoms with Crippen LogP contribution in [0.15, 0.2) is 24.3 Å². The Morgan fingerprint density at radius 2 is 2.15 bits per heavy atom. The van der Waals surface area contributed by atoms with Crippen LogP contribution in [-0.2, 0) is 11.1 Å². The van der Waals surface area contributed by atoms with E-state index >= 15 is 0 Å². The molecular formula is C10H12BO2. The van der Waals surface area contributed by atoms with Crippen LogP contribution in [0.5, 0.6) is 0 Å². The SMILES string of the molecule is C[B]Cc1ccccc1C(=O)OC. The molecule has 0 aromatic heterocycles. The Labute approximate surface area is 79.2 Å². The molecule has 0 N–H and O–H groups in total. The fourth-order valence-electron chi connectivity index (χ4n) is 1.23. The molecule has 0 aliphatic carbocycles. The first-order valence-electron chi connectivity index (χ1n) is 4.23. The molecular weight excluding hydrogens is 163 g/mol. The van der Waals surface area contributed by atoms with Gasteiger partial charge in [-0.3, -0.25) is 0 Å². The average Bonchev–Trinajstić information content (AvgIpc) is 2.18. The van der Waals surface area contributed by atoms with Crippen LogP contribution < -0.4 is 0 Å². The minimum Gasteiger partial charge on any atom is -0.465 e. The molecule has 1 radical (unpaired) electrons. The van der Waals surface area contributed by atoms with Crippen LogP contribution in [0.25, 0.3) is 0 Å². The average molecular weight is 175 g/mol. The van der Waals surface area contributed by atoms with Crippen molar-refractivity contribution in [1.29, 1.82) is 0 Å². The van der Waals surface area contributed by atoms with Gasteiger partial charge in [-0.1, -0.05) is 31.3 Å². The van der Waals surface area contributed by atoms with Crippen LogP contribution in [0.2, 0.25) is 6.82 Å². The van der Waals surface area contributed by atoms with Crippen LogP contribution in [0.3, 0.4) is 0 Å². The molecule has 0 fully saturated rings. The highest BCUT2D eigenvalue weighted by Gasteiger charge is 2.09. The summed E-state index contributed by atoms with van der Waals surface area (Å²) in [5, 5.41) is 0. The van der Waals surface area contributed by atoms with E-state index in [1.165, 1.54) is 7.11 Å². The molecule has 67 valence electrons. The van der Waals surface area contributed by atoms with Gasteiger partial charge in [0.25, 0.3) is 0 Å². The van der Waals surface area contributed by atoms with Gasteiger partial charge in [0.05, 0.1) is 12.7 Å². The number of rotatable bonds is 3. The van der Waals surface area contributed by atoms with E-state index in [1.807, 2.05) is 32.3 Å². The zero-order chi connectivity index (χ0) is 9.68. The van der Waals surface area contributed by atoms with Crippen molar-refractivity contribution in [3.8, 4) is 0 Å². The minimum absolute atomic E-state index is 0.266. The van der Waals surface area contributed by atoms with E-state index in [4.69, 9.17) is 0 Å². The molecule has 0 heterocycles. The molecule has 13 heavy (non-hydrogen) atoms. The van der Waals surface area contributed by atoms with Crippen molar-refractivity contribution in [2.75, 3.05) is 7.11 Å². The topological polar surface area (TPSA) is 26.3 Å². The Balaban J connectivity index is 2.97. The molecule has 0 aliphatic heterocycles. The first-order chi connectivity index (χ1) is 6.29. The van der Waals surface area contributed by atoms with E-state index in [0.717, 1.165) is 11.9 Å². The smallest absolute Gasteiger partial charge is 0.338 e. The third kappa shape index (κ3) is 2.34. The highest BCUT2D eigenvalue weighted by molar-refractivity contribution is 6.33. The molecule has 0 spiro atoms. The number of benzene rings is 1. The highest BCUT2D eigenvalue weighted by atomic mass is 16.5. The number of carbonyl (C=O) groups excluding carboxylic acids is 1. The molecule has 0 atom stereocenters. The van der Waals surface area contributed by atoms with Crippen molar-refractivity contribution in [2.24, 2.45) is 0 Å². The number of carbonyl (C=O) groups is 1. The number of hydrogen-bond donors (Lipinski definition) is 0. The third-order valence-corrected chi connectivity index (χ3v) is 1.85. The fourth-order valence-corrected chi connectivity index (χ4v) is 1.23. The van der Waals surface area contributed by atoms with Gasteiger partial charge >= 0.3 is 5.97 Å². The van der Waals surface area contributed by atoms with Gasteiger partial charge in [-0.05, 0) is 11.6 Å². The Morgan fingerprint density at radius 1 is 1.46 bits per heavy atom. The quantitative estimate of drug-likeness (QED) is 0.516. The van der Waals surface area contributed by atoms with Gasteiger partial charge in [0.15, 0.2) is 0 Å². The normalized spacial score (nSPS) is 9.38. The predicted molar refractivity (Wildman–Crippen MR) is 53.1 cm³/mol. The standard InChI is InChI=1S/C10H12BO2/c1-11-7-8-5-3-4-6-9(8)10(12)13-2/h3-6H,7H2,1-2H3. The summed E-state index contributed by atoms with van der Waals surface area (Å²) >= 11 is 0. The zero-order valence-electron chi connectivity index (χ0n) is 7.91. The number of esters is 1. The maximum Gasteiger partial charge on any atom is 0.338 e. The van der Waals surface area contributed by atoms with Crippen LogP contribution in [0, 0.1) is 0 Å². The Bertz CT molecular complexity index is 297. The van der Waals surface area contributed by atoms with Gasteiger partial charge in [-0.15, -0.1) is 0 Å². The second-order valence-corrected chi connectivity index (χ2v) is 2.76. The van der Waals surface area contributed by atoms with Crippen molar-refractivity contribution >= 4 is 13.2 Å². The fraction of sp³-hybridized carbons (Fsp3) is 0.300. The van der Waals surface area contributed by atoms with E-state index in [1.54, 1.807) is 6.07 Å². The maximum atomic E-state index is 11.3. The van der Waals surface area contributed by atoms with Crippen LogP contribution in [0.1, 0.15) is 15.9 Å². The minimum atomic E-state index is -0.266. The Morgan fingerprint density at radius 3 is 2.77 bits per heavy atom. The highest BCUT2D eigenvalue weighted by Crippen LogP contribution is 2.10. The summed E-state index contributed by atoms with van der Waals surface area (Å²) in [7, 11) is 3.41. The van der Waals surface area contributed by atoms with Crippen molar-refractivity contribution < 1.29 is 9.53 Å². The van der Waals surface area contributed by atoms with E-state index < -0.39 is 0 Å². The van der Waals surface area contributed by atoms with Crippen LogP contribution >= 0.6 is 0 Å². The molecule has 0 aliphatic rings. The van der Waals surface area contributed by atoms with Crippen LogP contribution in [-0.4, -0.2) is 20.4 Å². The number of hydrogen-bond acceptors (Lipinski definition) is 2. The van der Waals surface area contributed by atoms with E-state index in [9.17, 15) is 4.79 Å². The van der Waals surface area contributed by atoms with Gasteiger partial charge in [0.1, 0.15) is 7.28 Å². The second kappa shape index (κ2) is 4.70. The lowest BCUT2D eigenvalue weighted by Gasteiger charge is -2.05. The van der Waals surface area contributed by atoms with E-state index in [-0.39, 0.29) is 5.97 Å². The van der Waals surface area contributed by atoms with Gasteiger partial charge in [0.2, 0.25) is 0 Å². The van der Waals surface area contributed by atoms with Gasteiger partial charge in [0, 0.05) is 0 Å². The van der Waals surface area contributed by atoms with Crippen molar-refractivity contribution in [3.63, 3.8) is 0 Å². The Hall–Kier alpha value is -1.25. The molecule has 0 saturated heterocycles. The molecule has 2 nitrogen and oxygen atoms in total.